The van der Waals surface area contributed by atoms with Crippen LogP contribution in [0.3, 0.4) is 0 Å². The Bertz CT molecular complexity index is 765. The predicted molar refractivity (Wildman–Crippen MR) is 113 cm³/mol. The number of carbonyl (C=O) groups excluding carboxylic acids is 1. The van der Waals surface area contributed by atoms with Crippen LogP contribution in [-0.4, -0.2) is 40.3 Å². The van der Waals surface area contributed by atoms with Crippen molar-refractivity contribution in [3.05, 3.63) is 30.6 Å². The van der Waals surface area contributed by atoms with E-state index in [1.54, 1.807) is 0 Å². The Morgan fingerprint density at radius 3 is 2.74 bits per heavy atom. The van der Waals surface area contributed by atoms with E-state index in [9.17, 15) is 4.79 Å². The van der Waals surface area contributed by atoms with E-state index in [1.165, 1.54) is 0 Å². The van der Waals surface area contributed by atoms with Crippen molar-refractivity contribution < 1.29 is 9.53 Å². The Morgan fingerprint density at radius 2 is 2.07 bits per heavy atom. The van der Waals surface area contributed by atoms with Crippen molar-refractivity contribution in [2.24, 2.45) is 11.1 Å². The van der Waals surface area contributed by atoms with Gasteiger partial charge in [0, 0.05) is 31.5 Å². The minimum Gasteiger partial charge on any atom is -0.378 e. The van der Waals surface area contributed by atoms with Crippen molar-refractivity contribution in [1.82, 2.24) is 14.9 Å². The van der Waals surface area contributed by atoms with Crippen molar-refractivity contribution in [3.63, 3.8) is 0 Å². The summed E-state index contributed by atoms with van der Waals surface area (Å²) in [5.74, 6) is -0.0797. The Morgan fingerprint density at radius 1 is 1.37 bits per heavy atom. The molecule has 1 aromatic heterocycles. The molecule has 0 saturated heterocycles. The Hall–Kier alpha value is -1.34. The summed E-state index contributed by atoms with van der Waals surface area (Å²) in [7, 11) is 0. The summed E-state index contributed by atoms with van der Waals surface area (Å²) >= 11 is 0. The monoisotopic (exact) mass is 416 g/mol. The number of carbonyl (C=O) groups is 1. The number of halogens is 2. The second-order valence-corrected chi connectivity index (χ2v) is 7.38. The van der Waals surface area contributed by atoms with E-state index in [0.29, 0.717) is 19.6 Å². The maximum absolute atomic E-state index is 12.6. The fourth-order valence-electron chi connectivity index (χ4n) is 3.62. The average molecular weight is 417 g/mol. The van der Waals surface area contributed by atoms with Crippen molar-refractivity contribution in [1.29, 1.82) is 0 Å². The lowest BCUT2D eigenvalue weighted by Crippen LogP contribution is -2.75. The van der Waals surface area contributed by atoms with Gasteiger partial charge in [0.25, 0.3) is 0 Å². The van der Waals surface area contributed by atoms with Gasteiger partial charge in [0.15, 0.2) is 0 Å². The van der Waals surface area contributed by atoms with Crippen LogP contribution in [0.2, 0.25) is 0 Å². The number of nitrogens with two attached hydrogens (primary N) is 1. The third kappa shape index (κ3) is 4.24. The van der Waals surface area contributed by atoms with Gasteiger partial charge in [0.1, 0.15) is 5.54 Å². The van der Waals surface area contributed by atoms with E-state index < -0.39 is 5.54 Å². The molecule has 2 atom stereocenters. The van der Waals surface area contributed by atoms with Crippen LogP contribution in [0.5, 0.6) is 0 Å². The molecule has 2 aromatic rings. The number of aromatic nitrogens is 2. The number of nitrogens with one attached hydrogen (secondary N) is 1. The number of para-hydroxylation sites is 2. The largest absolute Gasteiger partial charge is 0.378 e. The van der Waals surface area contributed by atoms with Gasteiger partial charge in [-0.15, -0.1) is 24.8 Å². The topological polar surface area (TPSA) is 82.2 Å². The summed E-state index contributed by atoms with van der Waals surface area (Å²) in [5.41, 5.74) is 7.29. The van der Waals surface area contributed by atoms with E-state index >= 15 is 0 Å². The molecule has 1 aliphatic rings. The number of rotatable bonds is 7. The number of fused-ring (bicyclic) bond motifs is 1. The molecule has 3 rings (SSSR count). The lowest BCUT2D eigenvalue weighted by Gasteiger charge is -2.57. The molecule has 27 heavy (non-hydrogen) atoms. The number of nitrogens with zero attached hydrogens (tertiary/aromatic N) is 2. The second-order valence-electron chi connectivity index (χ2n) is 7.38. The molecule has 6 nitrogen and oxygen atoms in total. The van der Waals surface area contributed by atoms with Gasteiger partial charge in [-0.3, -0.25) is 4.79 Å². The van der Waals surface area contributed by atoms with Crippen LogP contribution in [-0.2, 0) is 16.1 Å². The molecule has 152 valence electrons. The van der Waals surface area contributed by atoms with Crippen molar-refractivity contribution in [2.75, 3.05) is 13.2 Å². The fraction of sp³-hybridized carbons (Fsp3) is 0.579. The van der Waals surface area contributed by atoms with Crippen LogP contribution >= 0.6 is 24.8 Å². The number of imidazole rings is 1. The molecule has 1 heterocycles. The van der Waals surface area contributed by atoms with Gasteiger partial charge in [-0.2, -0.15) is 0 Å². The minimum absolute atomic E-state index is 0. The minimum atomic E-state index is -0.853. The molecule has 1 saturated carbocycles. The smallest absolute Gasteiger partial charge is 0.240 e. The molecular weight excluding hydrogens is 387 g/mol. The molecule has 3 N–H and O–H groups in total. The van der Waals surface area contributed by atoms with Crippen LogP contribution in [0.15, 0.2) is 30.6 Å². The summed E-state index contributed by atoms with van der Waals surface area (Å²) in [6.45, 7) is 8.03. The first-order valence-electron chi connectivity index (χ1n) is 8.99. The molecule has 1 aliphatic carbocycles. The molecule has 8 heteroatoms. The van der Waals surface area contributed by atoms with Gasteiger partial charge in [0.2, 0.25) is 5.91 Å². The molecule has 1 fully saturated rings. The van der Waals surface area contributed by atoms with Crippen LogP contribution in [0.4, 0.5) is 0 Å². The molecule has 2 unspecified atom stereocenters. The first kappa shape index (κ1) is 23.7. The quantitative estimate of drug-likeness (QED) is 0.679. The van der Waals surface area contributed by atoms with Crippen LogP contribution < -0.4 is 11.1 Å². The third-order valence-corrected chi connectivity index (χ3v) is 5.62. The lowest BCUT2D eigenvalue weighted by atomic mass is 9.54. The SMILES string of the molecule is CCOC1CC(N)(C(=O)NCCCn2cnc3ccccc32)C1(C)C.Cl.Cl. The summed E-state index contributed by atoms with van der Waals surface area (Å²) in [6.07, 6.45) is 3.30. The maximum Gasteiger partial charge on any atom is 0.240 e. The zero-order chi connectivity index (χ0) is 18.1. The first-order valence-corrected chi connectivity index (χ1v) is 8.99. The van der Waals surface area contributed by atoms with E-state index in [2.05, 4.69) is 20.9 Å². The molecule has 0 aliphatic heterocycles. The molecule has 0 radical (unpaired) electrons. The Balaban J connectivity index is 0.00000182. The molecular formula is C19H30Cl2N4O2. The second kappa shape index (κ2) is 9.24. The highest BCUT2D eigenvalue weighted by Crippen LogP contribution is 2.49. The number of ether oxygens (including phenoxy) is 1. The Kier molecular flexibility index (Phi) is 8.11. The molecule has 1 amide bonds. The van der Waals surface area contributed by atoms with E-state index in [-0.39, 0.29) is 42.2 Å². The average Bonchev–Trinajstić information content (AvgIpc) is 3.01. The first-order chi connectivity index (χ1) is 11.9. The number of hydrogen-bond donors (Lipinski definition) is 2. The maximum atomic E-state index is 12.6. The summed E-state index contributed by atoms with van der Waals surface area (Å²) in [4.78, 5) is 17.0. The molecule has 0 bridgehead atoms. The Labute approximate surface area is 173 Å². The van der Waals surface area contributed by atoms with E-state index in [1.807, 2.05) is 45.3 Å². The highest BCUT2D eigenvalue weighted by atomic mass is 35.5. The number of benzene rings is 1. The summed E-state index contributed by atoms with van der Waals surface area (Å²) < 4.78 is 7.79. The van der Waals surface area contributed by atoms with Crippen LogP contribution in [0, 0.1) is 5.41 Å². The highest BCUT2D eigenvalue weighted by Gasteiger charge is 2.62. The van der Waals surface area contributed by atoms with Crippen LogP contribution in [0.1, 0.15) is 33.6 Å². The summed E-state index contributed by atoms with van der Waals surface area (Å²) in [6, 6.07) is 8.05. The van der Waals surface area contributed by atoms with Gasteiger partial charge >= 0.3 is 0 Å². The van der Waals surface area contributed by atoms with Gasteiger partial charge in [-0.25, -0.2) is 4.98 Å². The number of amides is 1. The third-order valence-electron chi connectivity index (χ3n) is 5.62. The molecule has 1 aromatic carbocycles. The zero-order valence-corrected chi connectivity index (χ0v) is 17.7. The summed E-state index contributed by atoms with van der Waals surface area (Å²) in [5, 5.41) is 3.00. The fourth-order valence-corrected chi connectivity index (χ4v) is 3.62. The molecule has 0 spiro atoms. The van der Waals surface area contributed by atoms with E-state index in [0.717, 1.165) is 24.0 Å². The van der Waals surface area contributed by atoms with Crippen molar-refractivity contribution >= 4 is 41.8 Å². The van der Waals surface area contributed by atoms with Crippen molar-refractivity contribution in [3.8, 4) is 0 Å². The predicted octanol–water partition coefficient (Wildman–Crippen LogP) is 2.92. The van der Waals surface area contributed by atoms with Gasteiger partial charge in [-0.1, -0.05) is 26.0 Å². The van der Waals surface area contributed by atoms with Crippen LogP contribution in [0.25, 0.3) is 11.0 Å². The van der Waals surface area contributed by atoms with Crippen molar-refractivity contribution in [2.45, 2.75) is 51.8 Å². The van der Waals surface area contributed by atoms with E-state index in [4.69, 9.17) is 10.5 Å². The number of aryl methyl sites for hydroxylation is 1. The van der Waals surface area contributed by atoms with Gasteiger partial charge in [0.05, 0.1) is 23.5 Å². The standard InChI is InChI=1S/C19H28N4O2.2ClH/c1-4-25-16-12-19(20,18(16,2)3)17(24)21-10-7-11-23-13-22-14-8-5-6-9-15(14)23;;/h5-6,8-9,13,16H,4,7,10-12,20H2,1-3H3,(H,21,24);2*1H. The lowest BCUT2D eigenvalue weighted by molar-refractivity contribution is -0.170. The highest BCUT2D eigenvalue weighted by molar-refractivity contribution is 5.88. The van der Waals surface area contributed by atoms with Gasteiger partial charge in [-0.05, 0) is 25.5 Å². The number of hydrogen-bond acceptors (Lipinski definition) is 4. The zero-order valence-electron chi connectivity index (χ0n) is 16.1. The normalized spacial score (nSPS) is 23.0. The van der Waals surface area contributed by atoms with Gasteiger partial charge < -0.3 is 20.4 Å².